The SMILES string of the molecule is CCNC(C)c1nnc(-c2cccc(OC(C)C)c2)s1. The van der Waals surface area contributed by atoms with Crippen LogP contribution in [0.15, 0.2) is 24.3 Å². The van der Waals surface area contributed by atoms with Crippen molar-refractivity contribution in [3.8, 4) is 16.3 Å². The molecule has 5 heteroatoms. The fourth-order valence-electron chi connectivity index (χ4n) is 1.89. The predicted octanol–water partition coefficient (Wildman–Crippen LogP) is 3.66. The first-order valence-electron chi connectivity index (χ1n) is 6.94. The number of benzene rings is 1. The lowest BCUT2D eigenvalue weighted by atomic mass is 10.2. The molecule has 4 nitrogen and oxygen atoms in total. The fraction of sp³-hybridized carbons (Fsp3) is 0.467. The highest BCUT2D eigenvalue weighted by Gasteiger charge is 2.12. The lowest BCUT2D eigenvalue weighted by Gasteiger charge is -2.10. The van der Waals surface area contributed by atoms with Gasteiger partial charge in [-0.2, -0.15) is 0 Å². The number of nitrogens with one attached hydrogen (secondary N) is 1. The zero-order valence-corrected chi connectivity index (χ0v) is 13.2. The molecule has 0 amide bonds. The summed E-state index contributed by atoms with van der Waals surface area (Å²) in [6, 6.07) is 8.24. The van der Waals surface area contributed by atoms with Crippen LogP contribution in [0.1, 0.15) is 38.7 Å². The maximum absolute atomic E-state index is 5.71. The first-order chi connectivity index (χ1) is 9.60. The molecule has 1 heterocycles. The van der Waals surface area contributed by atoms with E-state index in [9.17, 15) is 0 Å². The molecule has 1 aromatic carbocycles. The lowest BCUT2D eigenvalue weighted by molar-refractivity contribution is 0.242. The summed E-state index contributed by atoms with van der Waals surface area (Å²) >= 11 is 1.62. The highest BCUT2D eigenvalue weighted by Crippen LogP contribution is 2.29. The molecule has 0 saturated carbocycles. The van der Waals surface area contributed by atoms with Gasteiger partial charge in [-0.05, 0) is 39.4 Å². The van der Waals surface area contributed by atoms with Gasteiger partial charge in [-0.1, -0.05) is 30.4 Å². The van der Waals surface area contributed by atoms with Crippen molar-refractivity contribution in [3.05, 3.63) is 29.3 Å². The highest BCUT2D eigenvalue weighted by atomic mass is 32.1. The number of hydrogen-bond acceptors (Lipinski definition) is 5. The number of ether oxygens (including phenoxy) is 1. The average molecular weight is 291 g/mol. The van der Waals surface area contributed by atoms with Crippen molar-refractivity contribution in [2.45, 2.75) is 39.8 Å². The summed E-state index contributed by atoms with van der Waals surface area (Å²) in [5.74, 6) is 0.869. The minimum atomic E-state index is 0.170. The number of hydrogen-bond donors (Lipinski definition) is 1. The van der Waals surface area contributed by atoms with Crippen molar-refractivity contribution in [2.24, 2.45) is 0 Å². The molecule has 0 saturated heterocycles. The second kappa shape index (κ2) is 6.81. The van der Waals surface area contributed by atoms with Crippen molar-refractivity contribution >= 4 is 11.3 Å². The Morgan fingerprint density at radius 1 is 1.25 bits per heavy atom. The molecule has 108 valence electrons. The van der Waals surface area contributed by atoms with Gasteiger partial charge in [-0.25, -0.2) is 0 Å². The molecular formula is C15H21N3OS. The van der Waals surface area contributed by atoms with Crippen molar-refractivity contribution in [1.29, 1.82) is 0 Å². The normalized spacial score (nSPS) is 12.7. The van der Waals surface area contributed by atoms with Crippen LogP contribution in [0.2, 0.25) is 0 Å². The zero-order valence-electron chi connectivity index (χ0n) is 12.4. The fourth-order valence-corrected chi connectivity index (χ4v) is 2.76. The standard InChI is InChI=1S/C15H21N3OS/c1-5-16-11(4)14-17-18-15(20-14)12-7-6-8-13(9-12)19-10(2)3/h6-11,16H,5H2,1-4H3. The third-order valence-electron chi connectivity index (χ3n) is 2.77. The van der Waals surface area contributed by atoms with Gasteiger partial charge in [0, 0.05) is 5.56 Å². The van der Waals surface area contributed by atoms with E-state index in [1.807, 2.05) is 38.1 Å². The van der Waals surface area contributed by atoms with E-state index in [1.165, 1.54) is 0 Å². The lowest BCUT2D eigenvalue weighted by Crippen LogP contribution is -2.17. The molecule has 1 unspecified atom stereocenters. The van der Waals surface area contributed by atoms with E-state index in [1.54, 1.807) is 11.3 Å². The average Bonchev–Trinajstić information content (AvgIpc) is 2.88. The van der Waals surface area contributed by atoms with Gasteiger partial charge in [0.1, 0.15) is 15.8 Å². The van der Waals surface area contributed by atoms with E-state index in [4.69, 9.17) is 4.74 Å². The quantitative estimate of drug-likeness (QED) is 0.882. The molecule has 1 N–H and O–H groups in total. The molecular weight excluding hydrogens is 270 g/mol. The summed E-state index contributed by atoms with van der Waals surface area (Å²) < 4.78 is 5.71. The maximum Gasteiger partial charge on any atom is 0.147 e. The van der Waals surface area contributed by atoms with Gasteiger partial charge >= 0.3 is 0 Å². The van der Waals surface area contributed by atoms with Crippen LogP contribution in [0.5, 0.6) is 5.75 Å². The van der Waals surface area contributed by atoms with Crippen LogP contribution < -0.4 is 10.1 Å². The molecule has 2 aromatic rings. The van der Waals surface area contributed by atoms with Gasteiger partial charge in [0.25, 0.3) is 0 Å². The molecule has 0 spiro atoms. The van der Waals surface area contributed by atoms with E-state index in [0.29, 0.717) is 0 Å². The smallest absolute Gasteiger partial charge is 0.147 e. The molecule has 1 atom stereocenters. The topological polar surface area (TPSA) is 47.0 Å². The Balaban J connectivity index is 2.19. The Hall–Kier alpha value is -1.46. The summed E-state index contributed by atoms with van der Waals surface area (Å²) in [6.07, 6.45) is 0.170. The van der Waals surface area contributed by atoms with Gasteiger partial charge in [-0.15, -0.1) is 10.2 Å². The van der Waals surface area contributed by atoms with E-state index in [2.05, 4.69) is 29.4 Å². The van der Waals surface area contributed by atoms with Gasteiger partial charge in [0.05, 0.1) is 12.1 Å². The van der Waals surface area contributed by atoms with Crippen LogP contribution in [-0.4, -0.2) is 22.8 Å². The number of aromatic nitrogens is 2. The van der Waals surface area contributed by atoms with Crippen molar-refractivity contribution < 1.29 is 4.74 Å². The Morgan fingerprint density at radius 2 is 2.05 bits per heavy atom. The molecule has 0 aliphatic rings. The van der Waals surface area contributed by atoms with Crippen LogP contribution in [-0.2, 0) is 0 Å². The third-order valence-corrected chi connectivity index (χ3v) is 3.93. The Kier molecular flexibility index (Phi) is 5.09. The summed E-state index contributed by atoms with van der Waals surface area (Å²) in [7, 11) is 0. The molecule has 20 heavy (non-hydrogen) atoms. The Labute approximate surface area is 124 Å². The van der Waals surface area contributed by atoms with E-state index >= 15 is 0 Å². The van der Waals surface area contributed by atoms with Crippen LogP contribution in [0.25, 0.3) is 10.6 Å². The molecule has 0 bridgehead atoms. The minimum Gasteiger partial charge on any atom is -0.491 e. The minimum absolute atomic E-state index is 0.170. The van der Waals surface area contributed by atoms with Crippen LogP contribution in [0, 0.1) is 0 Å². The summed E-state index contributed by atoms with van der Waals surface area (Å²) in [6.45, 7) is 9.16. The molecule has 0 aliphatic heterocycles. The van der Waals surface area contributed by atoms with E-state index in [-0.39, 0.29) is 12.1 Å². The van der Waals surface area contributed by atoms with Crippen molar-refractivity contribution in [3.63, 3.8) is 0 Å². The first kappa shape index (κ1) is 14.9. The van der Waals surface area contributed by atoms with Crippen LogP contribution in [0.4, 0.5) is 0 Å². The zero-order chi connectivity index (χ0) is 14.5. The maximum atomic E-state index is 5.71. The molecule has 1 aromatic heterocycles. The van der Waals surface area contributed by atoms with Gasteiger partial charge in [0.15, 0.2) is 0 Å². The van der Waals surface area contributed by atoms with E-state index < -0.39 is 0 Å². The van der Waals surface area contributed by atoms with Crippen molar-refractivity contribution in [1.82, 2.24) is 15.5 Å². The summed E-state index contributed by atoms with van der Waals surface area (Å²) in [5.41, 5.74) is 1.05. The highest BCUT2D eigenvalue weighted by molar-refractivity contribution is 7.14. The van der Waals surface area contributed by atoms with E-state index in [0.717, 1.165) is 27.9 Å². The first-order valence-corrected chi connectivity index (χ1v) is 7.75. The van der Waals surface area contributed by atoms with Crippen LogP contribution in [0.3, 0.4) is 0 Å². The second-order valence-electron chi connectivity index (χ2n) is 4.92. The molecule has 0 fully saturated rings. The Morgan fingerprint density at radius 3 is 2.75 bits per heavy atom. The van der Waals surface area contributed by atoms with Crippen molar-refractivity contribution in [2.75, 3.05) is 6.54 Å². The van der Waals surface area contributed by atoms with Gasteiger partial charge in [0.2, 0.25) is 0 Å². The number of rotatable bonds is 6. The summed E-state index contributed by atoms with van der Waals surface area (Å²) in [4.78, 5) is 0. The summed E-state index contributed by atoms with van der Waals surface area (Å²) in [5, 5.41) is 13.8. The second-order valence-corrected chi connectivity index (χ2v) is 5.93. The molecule has 2 rings (SSSR count). The number of nitrogens with zero attached hydrogens (tertiary/aromatic N) is 2. The Bertz CT molecular complexity index is 554. The third kappa shape index (κ3) is 3.77. The largest absolute Gasteiger partial charge is 0.491 e. The monoisotopic (exact) mass is 291 g/mol. The van der Waals surface area contributed by atoms with Gasteiger partial charge in [-0.3, -0.25) is 0 Å². The molecule has 0 radical (unpaired) electrons. The van der Waals surface area contributed by atoms with Crippen LogP contribution >= 0.6 is 11.3 Å². The van der Waals surface area contributed by atoms with Gasteiger partial charge < -0.3 is 10.1 Å². The molecule has 0 aliphatic carbocycles. The predicted molar refractivity (Wildman–Crippen MR) is 83.2 cm³/mol.